The fourth-order valence-electron chi connectivity index (χ4n) is 1.81. The molecule has 0 heterocycles. The Balaban J connectivity index is 2.29. The summed E-state index contributed by atoms with van der Waals surface area (Å²) in [5.41, 5.74) is -1.91. The maximum atomic E-state index is 12.6. The maximum absolute atomic E-state index is 12.6. The van der Waals surface area contributed by atoms with Crippen LogP contribution in [0.25, 0.3) is 0 Å². The quantitative estimate of drug-likeness (QED) is 0.462. The van der Waals surface area contributed by atoms with Gasteiger partial charge in [0.2, 0.25) is 0 Å². The number of halogens is 7. The van der Waals surface area contributed by atoms with E-state index in [1.807, 2.05) is 0 Å². The van der Waals surface area contributed by atoms with Crippen LogP contribution in [0.5, 0.6) is 0 Å². The summed E-state index contributed by atoms with van der Waals surface area (Å²) in [5.74, 6) is 0. The van der Waals surface area contributed by atoms with Gasteiger partial charge < -0.3 is 0 Å². The van der Waals surface area contributed by atoms with Crippen LogP contribution in [0.3, 0.4) is 0 Å². The van der Waals surface area contributed by atoms with E-state index in [4.69, 9.17) is 0 Å². The fraction of sp³-hybridized carbons (Fsp3) is 0.133. The monoisotopic (exact) mass is 459 g/mol. The Morgan fingerprint density at radius 3 is 1.81 bits per heavy atom. The van der Waals surface area contributed by atoms with Crippen LogP contribution in [0.4, 0.5) is 26.3 Å². The first-order valence-electron chi connectivity index (χ1n) is 6.65. The fourth-order valence-corrected chi connectivity index (χ4v) is 3.15. The molecule has 0 bridgehead atoms. The zero-order valence-corrected chi connectivity index (χ0v) is 14.8. The van der Waals surface area contributed by atoms with Gasteiger partial charge in [-0.3, -0.25) is 0 Å². The molecule has 0 aromatic heterocycles. The number of rotatable bonds is 3. The Kier molecular flexibility index (Phi) is 5.52. The predicted molar refractivity (Wildman–Crippen MR) is 85.4 cm³/mol. The van der Waals surface area contributed by atoms with Gasteiger partial charge in [-0.1, -0.05) is 22.0 Å². The van der Waals surface area contributed by atoms with Gasteiger partial charge in [0.05, 0.1) is 16.0 Å². The highest BCUT2D eigenvalue weighted by Gasteiger charge is 2.31. The Hall–Kier alpha value is -1.88. The number of benzene rings is 2. The average Bonchev–Trinajstić information content (AvgIpc) is 2.52. The molecule has 0 amide bonds. The van der Waals surface area contributed by atoms with Gasteiger partial charge in [0.15, 0.2) is 0 Å². The smallest absolute Gasteiger partial charge is 0.199 e. The SMILES string of the molecule is O=S(=O)(/N=C/c1ccc(C(F)(F)F)cc1Br)c1ccc(C(F)(F)F)cc1. The van der Waals surface area contributed by atoms with E-state index < -0.39 is 38.4 Å². The molecule has 26 heavy (non-hydrogen) atoms. The van der Waals surface area contributed by atoms with Crippen molar-refractivity contribution < 1.29 is 34.8 Å². The van der Waals surface area contributed by atoms with E-state index in [0.29, 0.717) is 12.1 Å². The van der Waals surface area contributed by atoms with E-state index in [1.165, 1.54) is 0 Å². The minimum atomic E-state index is -4.61. The first kappa shape index (κ1) is 20.4. The summed E-state index contributed by atoms with van der Waals surface area (Å²) in [6.45, 7) is 0. The summed E-state index contributed by atoms with van der Waals surface area (Å²) in [5, 5.41) is 0. The first-order valence-corrected chi connectivity index (χ1v) is 8.88. The molecule has 0 N–H and O–H groups in total. The predicted octanol–water partition coefficient (Wildman–Crippen LogP) is 5.29. The summed E-state index contributed by atoms with van der Waals surface area (Å²) >= 11 is 2.88. The zero-order valence-electron chi connectivity index (χ0n) is 12.4. The van der Waals surface area contributed by atoms with Gasteiger partial charge in [-0.05, 0) is 36.4 Å². The number of sulfonamides is 1. The summed E-state index contributed by atoms with van der Waals surface area (Å²) in [4.78, 5) is -0.482. The van der Waals surface area contributed by atoms with Gasteiger partial charge in [0.25, 0.3) is 10.0 Å². The van der Waals surface area contributed by atoms with E-state index in [1.54, 1.807) is 0 Å². The van der Waals surface area contributed by atoms with Crippen molar-refractivity contribution in [2.75, 3.05) is 0 Å². The molecule has 0 radical (unpaired) electrons. The van der Waals surface area contributed by atoms with Gasteiger partial charge >= 0.3 is 12.4 Å². The second-order valence-corrected chi connectivity index (χ2v) is 7.45. The lowest BCUT2D eigenvalue weighted by Gasteiger charge is -2.08. The third kappa shape index (κ3) is 4.85. The van der Waals surface area contributed by atoms with Crippen LogP contribution in [-0.2, 0) is 22.4 Å². The molecule has 3 nitrogen and oxygen atoms in total. The average molecular weight is 460 g/mol. The first-order chi connectivity index (χ1) is 11.8. The van der Waals surface area contributed by atoms with E-state index in [-0.39, 0.29) is 10.0 Å². The van der Waals surface area contributed by atoms with E-state index in [9.17, 15) is 34.8 Å². The highest BCUT2D eigenvalue weighted by molar-refractivity contribution is 9.10. The van der Waals surface area contributed by atoms with Crippen molar-refractivity contribution in [3.63, 3.8) is 0 Å². The number of alkyl halides is 6. The van der Waals surface area contributed by atoms with Crippen LogP contribution in [0, 0.1) is 0 Å². The Labute approximate surface area is 152 Å². The van der Waals surface area contributed by atoms with E-state index in [2.05, 4.69) is 20.3 Å². The highest BCUT2D eigenvalue weighted by Crippen LogP contribution is 2.32. The van der Waals surface area contributed by atoms with Crippen LogP contribution in [0.2, 0.25) is 0 Å². The van der Waals surface area contributed by atoms with Crippen molar-refractivity contribution in [2.24, 2.45) is 4.40 Å². The van der Waals surface area contributed by atoms with Crippen LogP contribution in [-0.4, -0.2) is 14.6 Å². The molecule has 0 aliphatic carbocycles. The van der Waals surface area contributed by atoms with Gasteiger partial charge in [-0.15, -0.1) is 0 Å². The Morgan fingerprint density at radius 2 is 1.35 bits per heavy atom. The molecule has 0 atom stereocenters. The van der Waals surface area contributed by atoms with Gasteiger partial charge in [-0.2, -0.15) is 39.2 Å². The van der Waals surface area contributed by atoms with Gasteiger partial charge in [0.1, 0.15) is 0 Å². The lowest BCUT2D eigenvalue weighted by Crippen LogP contribution is -2.06. The van der Waals surface area contributed by atoms with E-state index in [0.717, 1.165) is 36.5 Å². The molecule has 140 valence electrons. The summed E-state index contributed by atoms with van der Waals surface area (Å²) in [6, 6.07) is 5.20. The molecule has 2 rings (SSSR count). The molecule has 0 unspecified atom stereocenters. The Bertz CT molecular complexity index is 934. The summed E-state index contributed by atoms with van der Waals surface area (Å²) in [7, 11) is -4.32. The van der Waals surface area contributed by atoms with Gasteiger partial charge in [-0.25, -0.2) is 0 Å². The molecule has 0 aliphatic rings. The van der Waals surface area contributed by atoms with Gasteiger partial charge in [0, 0.05) is 16.3 Å². The molecule has 0 saturated carbocycles. The van der Waals surface area contributed by atoms with Crippen molar-refractivity contribution in [1.82, 2.24) is 0 Å². The largest absolute Gasteiger partial charge is 0.416 e. The molecule has 0 saturated heterocycles. The number of nitrogens with zero attached hydrogens (tertiary/aromatic N) is 1. The van der Waals surface area contributed by atoms with Crippen LogP contribution < -0.4 is 0 Å². The third-order valence-corrected chi connectivity index (χ3v) is 5.08. The summed E-state index contributed by atoms with van der Waals surface area (Å²) in [6.07, 6.45) is -8.38. The maximum Gasteiger partial charge on any atom is 0.416 e. The molecule has 11 heteroatoms. The second kappa shape index (κ2) is 7.03. The third-order valence-electron chi connectivity index (χ3n) is 3.14. The molecule has 2 aromatic rings. The van der Waals surface area contributed by atoms with Crippen molar-refractivity contribution >= 4 is 32.2 Å². The highest BCUT2D eigenvalue weighted by atomic mass is 79.9. The Morgan fingerprint density at radius 1 is 0.846 bits per heavy atom. The van der Waals surface area contributed by atoms with Crippen LogP contribution >= 0.6 is 15.9 Å². The number of hydrogen-bond donors (Lipinski definition) is 0. The second-order valence-electron chi connectivity index (χ2n) is 4.97. The minimum Gasteiger partial charge on any atom is -0.199 e. The normalized spacial score (nSPS) is 13.3. The zero-order chi connectivity index (χ0) is 19.8. The van der Waals surface area contributed by atoms with Crippen molar-refractivity contribution in [3.05, 3.63) is 63.6 Å². The van der Waals surface area contributed by atoms with Crippen LogP contribution in [0.1, 0.15) is 16.7 Å². The van der Waals surface area contributed by atoms with E-state index >= 15 is 0 Å². The molecule has 0 aliphatic heterocycles. The van der Waals surface area contributed by atoms with Crippen molar-refractivity contribution in [1.29, 1.82) is 0 Å². The van der Waals surface area contributed by atoms with Crippen LogP contribution in [0.15, 0.2) is 56.2 Å². The minimum absolute atomic E-state index is 0.0429. The summed E-state index contributed by atoms with van der Waals surface area (Å²) < 4.78 is 103. The standard InChI is InChI=1S/C15H8BrF6NO2S/c16-13-7-11(15(20,21)22)2-1-9(13)8-23-26(24,25)12-5-3-10(4-6-12)14(17,18)19/h1-8H/b23-8+. The molecule has 0 spiro atoms. The number of hydrogen-bond acceptors (Lipinski definition) is 2. The van der Waals surface area contributed by atoms with Crippen molar-refractivity contribution in [3.8, 4) is 0 Å². The van der Waals surface area contributed by atoms with Crippen molar-refractivity contribution in [2.45, 2.75) is 17.2 Å². The lowest BCUT2D eigenvalue weighted by molar-refractivity contribution is -0.138. The lowest BCUT2D eigenvalue weighted by atomic mass is 10.1. The molecule has 0 fully saturated rings. The molecule has 2 aromatic carbocycles. The molecular weight excluding hydrogens is 452 g/mol. The topological polar surface area (TPSA) is 46.5 Å². The molecular formula is C15H8BrF6NO2S.